The molecule has 1 aromatic rings. The molecule has 0 fully saturated rings. The van der Waals surface area contributed by atoms with Crippen molar-refractivity contribution in [3.8, 4) is 5.75 Å². The van der Waals surface area contributed by atoms with E-state index in [9.17, 15) is 4.79 Å². The van der Waals surface area contributed by atoms with E-state index in [2.05, 4.69) is 34.7 Å². The highest BCUT2D eigenvalue weighted by molar-refractivity contribution is 5.97. The number of ether oxygens (including phenoxy) is 1. The van der Waals surface area contributed by atoms with Gasteiger partial charge in [-0.2, -0.15) is 0 Å². The molecule has 0 atom stereocenters. The number of hydrogen-bond donors (Lipinski definition) is 2. The first-order valence-corrected chi connectivity index (χ1v) is 9.00. The van der Waals surface area contributed by atoms with Gasteiger partial charge in [0.2, 0.25) is 0 Å². The number of carbonyl (C=O) groups is 1. The minimum Gasteiger partial charge on any atom is -0.482 e. The highest BCUT2D eigenvalue weighted by Crippen LogP contribution is 2.31. The van der Waals surface area contributed by atoms with Crippen LogP contribution in [0.2, 0.25) is 0 Å². The number of fused-ring (bicyclic) bond motifs is 1. The summed E-state index contributed by atoms with van der Waals surface area (Å²) in [6.45, 7) is 4.32. The van der Waals surface area contributed by atoms with E-state index in [1.54, 1.807) is 4.90 Å². The van der Waals surface area contributed by atoms with Gasteiger partial charge in [-0.25, -0.2) is 0 Å². The summed E-state index contributed by atoms with van der Waals surface area (Å²) in [6, 6.07) is 8.10. The molecule has 6 heteroatoms. The first-order valence-electron chi connectivity index (χ1n) is 9.00. The van der Waals surface area contributed by atoms with E-state index in [4.69, 9.17) is 4.74 Å². The van der Waals surface area contributed by atoms with Crippen molar-refractivity contribution in [1.82, 2.24) is 10.6 Å². The van der Waals surface area contributed by atoms with Crippen LogP contribution in [0.3, 0.4) is 0 Å². The number of para-hydroxylation sites is 2. The molecule has 3 rings (SSSR count). The molecule has 0 spiro atoms. The molecule has 0 radical (unpaired) electrons. The van der Waals surface area contributed by atoms with Crippen LogP contribution in [0.4, 0.5) is 5.69 Å². The molecule has 0 aromatic heterocycles. The summed E-state index contributed by atoms with van der Waals surface area (Å²) >= 11 is 0. The van der Waals surface area contributed by atoms with Gasteiger partial charge in [-0.3, -0.25) is 9.79 Å². The molecule has 1 aromatic carbocycles. The Hall–Kier alpha value is -2.50. The van der Waals surface area contributed by atoms with Crippen LogP contribution in [-0.2, 0) is 4.79 Å². The molecule has 1 amide bonds. The van der Waals surface area contributed by atoms with E-state index in [-0.39, 0.29) is 12.5 Å². The fourth-order valence-corrected chi connectivity index (χ4v) is 3.07. The lowest BCUT2D eigenvalue weighted by molar-refractivity contribution is -0.121. The predicted octanol–water partition coefficient (Wildman–Crippen LogP) is 2.08. The van der Waals surface area contributed by atoms with Crippen LogP contribution in [0.25, 0.3) is 0 Å². The normalized spacial score (nSPS) is 17.4. The van der Waals surface area contributed by atoms with Gasteiger partial charge in [0.15, 0.2) is 12.6 Å². The van der Waals surface area contributed by atoms with Crippen molar-refractivity contribution in [1.29, 1.82) is 0 Å². The van der Waals surface area contributed by atoms with E-state index in [1.165, 1.54) is 0 Å². The molecule has 2 aliphatic rings. The van der Waals surface area contributed by atoms with Crippen LogP contribution >= 0.6 is 0 Å². The average molecular weight is 342 g/mol. The second-order valence-corrected chi connectivity index (χ2v) is 6.20. The van der Waals surface area contributed by atoms with Gasteiger partial charge in [0.25, 0.3) is 5.91 Å². The van der Waals surface area contributed by atoms with Crippen molar-refractivity contribution in [3.63, 3.8) is 0 Å². The molecule has 2 N–H and O–H groups in total. The number of benzene rings is 1. The number of nitrogens with one attached hydrogen (secondary N) is 2. The van der Waals surface area contributed by atoms with Gasteiger partial charge in [-0.15, -0.1) is 0 Å². The summed E-state index contributed by atoms with van der Waals surface area (Å²) < 4.78 is 5.47. The van der Waals surface area contributed by atoms with E-state index >= 15 is 0 Å². The van der Waals surface area contributed by atoms with Gasteiger partial charge in [0.1, 0.15) is 5.75 Å². The van der Waals surface area contributed by atoms with Gasteiger partial charge in [0, 0.05) is 25.7 Å². The van der Waals surface area contributed by atoms with Crippen LogP contribution in [-0.4, -0.2) is 44.1 Å². The third kappa shape index (κ3) is 4.53. The second-order valence-electron chi connectivity index (χ2n) is 6.20. The monoisotopic (exact) mass is 342 g/mol. The van der Waals surface area contributed by atoms with E-state index in [0.29, 0.717) is 19.1 Å². The van der Waals surface area contributed by atoms with Gasteiger partial charge in [-0.1, -0.05) is 24.3 Å². The maximum absolute atomic E-state index is 12.2. The Morgan fingerprint density at radius 1 is 1.32 bits per heavy atom. The summed E-state index contributed by atoms with van der Waals surface area (Å²) in [5.74, 6) is 1.63. The lowest BCUT2D eigenvalue weighted by Crippen LogP contribution is -2.42. The van der Waals surface area contributed by atoms with Crippen LogP contribution < -0.4 is 20.3 Å². The SMILES string of the molecule is CCNC(=NCCCN1C(=O)COc2ccccc21)NC1CC=CC1. The maximum Gasteiger partial charge on any atom is 0.265 e. The van der Waals surface area contributed by atoms with Crippen molar-refractivity contribution in [2.75, 3.05) is 31.1 Å². The Balaban J connectivity index is 1.53. The second kappa shape index (κ2) is 8.55. The minimum atomic E-state index is 0.00439. The summed E-state index contributed by atoms with van der Waals surface area (Å²) in [6.07, 6.45) is 7.29. The molecule has 134 valence electrons. The van der Waals surface area contributed by atoms with Crippen LogP contribution in [0.1, 0.15) is 26.2 Å². The fraction of sp³-hybridized carbons (Fsp3) is 0.474. The van der Waals surface area contributed by atoms with Gasteiger partial charge in [0.05, 0.1) is 5.69 Å². The first kappa shape index (κ1) is 17.3. The van der Waals surface area contributed by atoms with Crippen LogP contribution in [0, 0.1) is 0 Å². The predicted molar refractivity (Wildman–Crippen MR) is 100 cm³/mol. The largest absolute Gasteiger partial charge is 0.482 e. The Labute approximate surface area is 149 Å². The average Bonchev–Trinajstić information content (AvgIpc) is 3.13. The Kier molecular flexibility index (Phi) is 5.93. The maximum atomic E-state index is 12.2. The highest BCUT2D eigenvalue weighted by atomic mass is 16.5. The van der Waals surface area contributed by atoms with Crippen molar-refractivity contribution >= 4 is 17.6 Å². The number of aliphatic imine (C=N–C) groups is 1. The third-order valence-electron chi connectivity index (χ3n) is 4.31. The fourth-order valence-electron chi connectivity index (χ4n) is 3.07. The lowest BCUT2D eigenvalue weighted by atomic mass is 10.2. The third-order valence-corrected chi connectivity index (χ3v) is 4.31. The molecule has 0 saturated carbocycles. The number of guanidine groups is 1. The zero-order valence-electron chi connectivity index (χ0n) is 14.7. The van der Waals surface area contributed by atoms with Crippen molar-refractivity contribution in [2.24, 2.45) is 4.99 Å². The Morgan fingerprint density at radius 2 is 2.12 bits per heavy atom. The Morgan fingerprint density at radius 3 is 2.92 bits per heavy atom. The quantitative estimate of drug-likeness (QED) is 0.359. The zero-order chi connectivity index (χ0) is 17.5. The molecule has 6 nitrogen and oxygen atoms in total. The number of carbonyl (C=O) groups excluding carboxylic acids is 1. The molecule has 1 heterocycles. The van der Waals surface area contributed by atoms with E-state index in [0.717, 1.165) is 43.2 Å². The molecule has 0 saturated heterocycles. The summed E-state index contributed by atoms with van der Waals surface area (Å²) in [4.78, 5) is 18.6. The van der Waals surface area contributed by atoms with Crippen molar-refractivity contribution < 1.29 is 9.53 Å². The summed E-state index contributed by atoms with van der Waals surface area (Å²) in [5, 5.41) is 6.74. The highest BCUT2D eigenvalue weighted by Gasteiger charge is 2.24. The number of nitrogens with zero attached hydrogens (tertiary/aromatic N) is 2. The van der Waals surface area contributed by atoms with Gasteiger partial charge >= 0.3 is 0 Å². The standard InChI is InChI=1S/C19H26N4O2/c1-2-20-19(22-15-8-3-4-9-15)21-12-7-13-23-16-10-5-6-11-17(16)25-14-18(23)24/h3-6,10-11,15H,2,7-9,12-14H2,1H3,(H2,20,21,22). The molecule has 0 bridgehead atoms. The van der Waals surface area contributed by atoms with Crippen molar-refractivity contribution in [3.05, 3.63) is 36.4 Å². The van der Waals surface area contributed by atoms with E-state index < -0.39 is 0 Å². The smallest absolute Gasteiger partial charge is 0.265 e. The molecular formula is C19H26N4O2. The molecule has 1 aliphatic carbocycles. The molecule has 25 heavy (non-hydrogen) atoms. The van der Waals surface area contributed by atoms with Crippen molar-refractivity contribution in [2.45, 2.75) is 32.2 Å². The lowest BCUT2D eigenvalue weighted by Gasteiger charge is -2.29. The van der Waals surface area contributed by atoms with Crippen LogP contribution in [0.15, 0.2) is 41.4 Å². The number of amides is 1. The number of rotatable bonds is 6. The topological polar surface area (TPSA) is 66.0 Å². The minimum absolute atomic E-state index is 0.00439. The van der Waals surface area contributed by atoms with Crippen LogP contribution in [0.5, 0.6) is 5.75 Å². The van der Waals surface area contributed by atoms with E-state index in [1.807, 2.05) is 24.3 Å². The zero-order valence-corrected chi connectivity index (χ0v) is 14.7. The molecule has 1 aliphatic heterocycles. The summed E-state index contributed by atoms with van der Waals surface area (Å²) in [7, 11) is 0. The number of anilines is 1. The van der Waals surface area contributed by atoms with Gasteiger partial charge < -0.3 is 20.3 Å². The molecular weight excluding hydrogens is 316 g/mol. The summed E-state index contributed by atoms with van der Waals surface area (Å²) in [5.41, 5.74) is 0.852. The Bertz CT molecular complexity index is 649. The first-order chi connectivity index (χ1) is 12.3. The van der Waals surface area contributed by atoms with Gasteiger partial charge in [-0.05, 0) is 38.3 Å². The number of hydrogen-bond acceptors (Lipinski definition) is 3. The molecule has 0 unspecified atom stereocenters.